The van der Waals surface area contributed by atoms with Crippen molar-refractivity contribution in [2.24, 2.45) is 0 Å². The van der Waals surface area contributed by atoms with Crippen LogP contribution in [0.2, 0.25) is 0 Å². The van der Waals surface area contributed by atoms with Crippen molar-refractivity contribution in [3.8, 4) is 0 Å². The fourth-order valence-electron chi connectivity index (χ4n) is 2.54. The minimum absolute atomic E-state index is 0.563. The molecule has 0 amide bonds. The summed E-state index contributed by atoms with van der Waals surface area (Å²) in [5.41, 5.74) is 2.28. The van der Waals surface area contributed by atoms with Crippen molar-refractivity contribution < 1.29 is 4.42 Å². The lowest BCUT2D eigenvalue weighted by molar-refractivity contribution is 0.227. The molecule has 0 aliphatic rings. The Kier molecular flexibility index (Phi) is 6.15. The second-order valence-electron chi connectivity index (χ2n) is 5.58. The smallest absolute Gasteiger partial charge is 0.134 e. The molecule has 3 nitrogen and oxygen atoms in total. The van der Waals surface area contributed by atoms with Gasteiger partial charge >= 0.3 is 0 Å². The lowest BCUT2D eigenvalue weighted by atomic mass is 10.1. The van der Waals surface area contributed by atoms with E-state index >= 15 is 0 Å². The Morgan fingerprint density at radius 3 is 2.81 bits per heavy atom. The van der Waals surface area contributed by atoms with E-state index in [1.165, 1.54) is 23.1 Å². The minimum Gasteiger partial charge on any atom is -0.459 e. The fraction of sp³-hybridized carbons (Fsp3) is 0.529. The molecule has 0 aliphatic carbocycles. The van der Waals surface area contributed by atoms with Crippen LogP contribution < -0.4 is 5.32 Å². The summed E-state index contributed by atoms with van der Waals surface area (Å²) in [7, 11) is 4.16. The monoisotopic (exact) mass is 306 g/mol. The third-order valence-corrected chi connectivity index (χ3v) is 4.66. The van der Waals surface area contributed by atoms with Crippen molar-refractivity contribution in [1.82, 2.24) is 10.2 Å². The standard InChI is InChI=1S/C17H26N2OS/c1-13(9-10-21-4)19(3)12-17-15(11-18-2)14-7-5-6-8-16(14)20-17/h5-8,13,18H,9-12H2,1-4H3. The fourth-order valence-corrected chi connectivity index (χ4v) is 3.12. The van der Waals surface area contributed by atoms with Gasteiger partial charge < -0.3 is 9.73 Å². The van der Waals surface area contributed by atoms with Gasteiger partial charge in [0.2, 0.25) is 0 Å². The molecule has 1 aromatic heterocycles. The Morgan fingerprint density at radius 2 is 2.10 bits per heavy atom. The molecule has 4 heteroatoms. The van der Waals surface area contributed by atoms with E-state index in [-0.39, 0.29) is 0 Å². The van der Waals surface area contributed by atoms with Crippen molar-refractivity contribution in [2.45, 2.75) is 32.5 Å². The summed E-state index contributed by atoms with van der Waals surface area (Å²) in [4.78, 5) is 2.38. The summed E-state index contributed by atoms with van der Waals surface area (Å²) >= 11 is 1.91. The number of nitrogens with one attached hydrogen (secondary N) is 1. The molecule has 2 aromatic rings. The highest BCUT2D eigenvalue weighted by molar-refractivity contribution is 7.98. The van der Waals surface area contributed by atoms with E-state index in [1.54, 1.807) is 0 Å². The maximum absolute atomic E-state index is 6.09. The van der Waals surface area contributed by atoms with Crippen molar-refractivity contribution in [1.29, 1.82) is 0 Å². The molecule has 0 fully saturated rings. The molecule has 0 saturated heterocycles. The van der Waals surface area contributed by atoms with Gasteiger partial charge in [0, 0.05) is 23.5 Å². The topological polar surface area (TPSA) is 28.4 Å². The highest BCUT2D eigenvalue weighted by atomic mass is 32.2. The third-order valence-electron chi connectivity index (χ3n) is 4.02. The molecular formula is C17H26N2OS. The van der Waals surface area contributed by atoms with E-state index in [9.17, 15) is 0 Å². The second-order valence-corrected chi connectivity index (χ2v) is 6.56. The van der Waals surface area contributed by atoms with Crippen LogP contribution in [0, 0.1) is 0 Å². The molecule has 0 spiro atoms. The first-order valence-electron chi connectivity index (χ1n) is 7.50. The average Bonchev–Trinajstić information content (AvgIpc) is 2.83. The molecule has 1 heterocycles. The maximum Gasteiger partial charge on any atom is 0.134 e. The van der Waals surface area contributed by atoms with E-state index in [2.05, 4.69) is 48.6 Å². The van der Waals surface area contributed by atoms with E-state index in [0.29, 0.717) is 6.04 Å². The van der Waals surface area contributed by atoms with E-state index in [0.717, 1.165) is 24.4 Å². The van der Waals surface area contributed by atoms with E-state index < -0.39 is 0 Å². The largest absolute Gasteiger partial charge is 0.459 e. The predicted octanol–water partition coefficient (Wildman–Crippen LogP) is 3.73. The average molecular weight is 306 g/mol. The Morgan fingerprint density at radius 1 is 1.33 bits per heavy atom. The number of rotatable bonds is 8. The first-order chi connectivity index (χ1) is 10.2. The summed E-state index contributed by atoms with van der Waals surface area (Å²) in [5, 5.41) is 4.49. The molecule has 1 N–H and O–H groups in total. The van der Waals surface area contributed by atoms with Gasteiger partial charge in [0.25, 0.3) is 0 Å². The Labute approximate surface area is 132 Å². The number of hydrogen-bond donors (Lipinski definition) is 1. The molecule has 116 valence electrons. The molecule has 0 saturated carbocycles. The summed E-state index contributed by atoms with van der Waals surface area (Å²) in [6.45, 7) is 4.00. The zero-order valence-electron chi connectivity index (χ0n) is 13.5. The van der Waals surface area contributed by atoms with Crippen LogP contribution in [-0.2, 0) is 13.1 Å². The number of benzene rings is 1. The van der Waals surface area contributed by atoms with Crippen molar-refractivity contribution in [3.63, 3.8) is 0 Å². The summed E-state index contributed by atoms with van der Waals surface area (Å²) in [5.74, 6) is 2.29. The zero-order chi connectivity index (χ0) is 15.2. The number of thioether (sulfide) groups is 1. The predicted molar refractivity (Wildman–Crippen MR) is 92.9 cm³/mol. The molecule has 1 unspecified atom stereocenters. The van der Waals surface area contributed by atoms with E-state index in [1.807, 2.05) is 24.9 Å². The zero-order valence-corrected chi connectivity index (χ0v) is 14.3. The molecule has 0 radical (unpaired) electrons. The van der Waals surface area contributed by atoms with Crippen molar-refractivity contribution >= 4 is 22.7 Å². The van der Waals surface area contributed by atoms with Crippen LogP contribution >= 0.6 is 11.8 Å². The summed E-state index contributed by atoms with van der Waals surface area (Å²) in [6, 6.07) is 8.87. The van der Waals surface area contributed by atoms with Crippen LogP contribution in [0.15, 0.2) is 28.7 Å². The minimum atomic E-state index is 0.563. The molecule has 1 atom stereocenters. The van der Waals surface area contributed by atoms with Gasteiger partial charge in [-0.3, -0.25) is 4.90 Å². The van der Waals surface area contributed by atoms with Crippen LogP contribution in [0.3, 0.4) is 0 Å². The van der Waals surface area contributed by atoms with E-state index in [4.69, 9.17) is 4.42 Å². The Bertz CT molecular complexity index is 567. The van der Waals surface area contributed by atoms with Gasteiger partial charge in [-0.05, 0) is 45.5 Å². The highest BCUT2D eigenvalue weighted by Gasteiger charge is 2.17. The normalized spacial score (nSPS) is 13.2. The van der Waals surface area contributed by atoms with Gasteiger partial charge in [0.1, 0.15) is 11.3 Å². The first kappa shape index (κ1) is 16.4. The molecule has 0 bridgehead atoms. The summed E-state index contributed by atoms with van der Waals surface area (Å²) in [6.07, 6.45) is 3.37. The van der Waals surface area contributed by atoms with Crippen molar-refractivity contribution in [2.75, 3.05) is 26.1 Å². The van der Waals surface area contributed by atoms with Crippen LogP contribution in [0.4, 0.5) is 0 Å². The number of nitrogens with zero attached hydrogens (tertiary/aromatic N) is 1. The van der Waals surface area contributed by atoms with Gasteiger partial charge in [0.05, 0.1) is 6.54 Å². The molecule has 21 heavy (non-hydrogen) atoms. The first-order valence-corrected chi connectivity index (χ1v) is 8.89. The van der Waals surface area contributed by atoms with Crippen LogP contribution in [-0.4, -0.2) is 37.0 Å². The molecular weight excluding hydrogens is 280 g/mol. The van der Waals surface area contributed by atoms with Crippen LogP contribution in [0.1, 0.15) is 24.7 Å². The SMILES string of the molecule is CNCc1c(CN(C)C(C)CCSC)oc2ccccc12. The third kappa shape index (κ3) is 4.02. The number of furan rings is 1. The molecule has 0 aliphatic heterocycles. The van der Waals surface area contributed by atoms with Crippen LogP contribution in [0.5, 0.6) is 0 Å². The van der Waals surface area contributed by atoms with Gasteiger partial charge in [-0.2, -0.15) is 11.8 Å². The summed E-state index contributed by atoms with van der Waals surface area (Å²) < 4.78 is 6.09. The molecule has 1 aromatic carbocycles. The Hall–Kier alpha value is -0.970. The van der Waals surface area contributed by atoms with Crippen LogP contribution in [0.25, 0.3) is 11.0 Å². The van der Waals surface area contributed by atoms with Gasteiger partial charge in [0.15, 0.2) is 0 Å². The van der Waals surface area contributed by atoms with Gasteiger partial charge in [-0.1, -0.05) is 18.2 Å². The molecule has 2 rings (SSSR count). The second kappa shape index (κ2) is 7.87. The number of hydrogen-bond acceptors (Lipinski definition) is 4. The quantitative estimate of drug-likeness (QED) is 0.804. The lowest BCUT2D eigenvalue weighted by Crippen LogP contribution is -2.29. The number of fused-ring (bicyclic) bond motifs is 1. The van der Waals surface area contributed by atoms with Crippen molar-refractivity contribution in [3.05, 3.63) is 35.6 Å². The lowest BCUT2D eigenvalue weighted by Gasteiger charge is -2.23. The van der Waals surface area contributed by atoms with Gasteiger partial charge in [-0.15, -0.1) is 0 Å². The number of para-hydroxylation sites is 1. The highest BCUT2D eigenvalue weighted by Crippen LogP contribution is 2.27. The van der Waals surface area contributed by atoms with Gasteiger partial charge in [-0.25, -0.2) is 0 Å². The maximum atomic E-state index is 6.09. The Balaban J connectivity index is 2.18.